The number of Topliss-reactive ketones (excluding diaryl/α,β-unsaturated/α-hetero) is 1. The van der Waals surface area contributed by atoms with Crippen molar-refractivity contribution in [3.8, 4) is 5.75 Å². The Hall–Kier alpha value is -0.100. The Kier molecular flexibility index (Phi) is 4.37. The molecule has 1 aromatic carbocycles. The van der Waals surface area contributed by atoms with Gasteiger partial charge in [0.05, 0.1) is 11.9 Å². The van der Waals surface area contributed by atoms with Gasteiger partial charge in [0.15, 0.2) is 5.78 Å². The number of benzene rings is 1. The largest absolute Gasteiger partial charge is 0.497 e. The van der Waals surface area contributed by atoms with Crippen LogP contribution in [0.25, 0.3) is 0 Å². The standard InChI is InChI=1S/C10H10BrIO2/c1-6(11)10(13)8-5-7(14-2)3-4-9(8)12/h3-6H,1-2H3. The molecule has 0 N–H and O–H groups in total. The van der Waals surface area contributed by atoms with Gasteiger partial charge in [-0.15, -0.1) is 0 Å². The van der Waals surface area contributed by atoms with E-state index >= 15 is 0 Å². The van der Waals surface area contributed by atoms with Crippen molar-refractivity contribution in [3.63, 3.8) is 0 Å². The van der Waals surface area contributed by atoms with Crippen LogP contribution in [0.5, 0.6) is 5.75 Å². The summed E-state index contributed by atoms with van der Waals surface area (Å²) in [5.74, 6) is 0.787. The van der Waals surface area contributed by atoms with Crippen molar-refractivity contribution in [2.24, 2.45) is 0 Å². The first-order chi connectivity index (χ1) is 6.56. The van der Waals surface area contributed by atoms with E-state index in [2.05, 4.69) is 38.5 Å². The molecule has 1 aromatic rings. The van der Waals surface area contributed by atoms with Crippen molar-refractivity contribution in [2.75, 3.05) is 7.11 Å². The Morgan fingerprint density at radius 2 is 2.21 bits per heavy atom. The van der Waals surface area contributed by atoms with Crippen molar-refractivity contribution < 1.29 is 9.53 Å². The number of ether oxygens (including phenoxy) is 1. The maximum absolute atomic E-state index is 11.7. The molecular formula is C10H10BrIO2. The smallest absolute Gasteiger partial charge is 0.177 e. The molecule has 1 unspecified atom stereocenters. The van der Waals surface area contributed by atoms with E-state index in [9.17, 15) is 4.79 Å². The molecule has 1 rings (SSSR count). The molecule has 0 bridgehead atoms. The lowest BCUT2D eigenvalue weighted by molar-refractivity contribution is 0.0994. The molecule has 0 saturated heterocycles. The number of carbonyl (C=O) groups excluding carboxylic acids is 1. The van der Waals surface area contributed by atoms with Gasteiger partial charge in [-0.05, 0) is 47.7 Å². The summed E-state index contributed by atoms with van der Waals surface area (Å²) >= 11 is 5.41. The predicted octanol–water partition coefficient (Wildman–Crippen LogP) is 3.27. The monoisotopic (exact) mass is 368 g/mol. The van der Waals surface area contributed by atoms with Crippen LogP contribution in [-0.4, -0.2) is 17.7 Å². The normalized spacial score (nSPS) is 12.3. The van der Waals surface area contributed by atoms with Crippen LogP contribution in [0.3, 0.4) is 0 Å². The second-order valence-electron chi connectivity index (χ2n) is 2.83. The molecule has 1 atom stereocenters. The summed E-state index contributed by atoms with van der Waals surface area (Å²) in [4.78, 5) is 11.6. The van der Waals surface area contributed by atoms with Gasteiger partial charge >= 0.3 is 0 Å². The Bertz CT molecular complexity index is 350. The van der Waals surface area contributed by atoms with Crippen molar-refractivity contribution in [1.82, 2.24) is 0 Å². The van der Waals surface area contributed by atoms with Crippen LogP contribution in [0.4, 0.5) is 0 Å². The van der Waals surface area contributed by atoms with Crippen LogP contribution in [0.1, 0.15) is 17.3 Å². The number of hydrogen-bond donors (Lipinski definition) is 0. The number of alkyl halides is 1. The number of halogens is 2. The maximum Gasteiger partial charge on any atom is 0.177 e. The van der Waals surface area contributed by atoms with Crippen molar-refractivity contribution in [3.05, 3.63) is 27.3 Å². The van der Waals surface area contributed by atoms with E-state index < -0.39 is 0 Å². The molecule has 2 nitrogen and oxygen atoms in total. The third-order valence-corrected chi connectivity index (χ3v) is 3.16. The topological polar surface area (TPSA) is 26.3 Å². The second kappa shape index (κ2) is 5.11. The first kappa shape index (κ1) is 12.0. The highest BCUT2D eigenvalue weighted by Crippen LogP contribution is 2.22. The molecule has 0 aliphatic heterocycles. The zero-order chi connectivity index (χ0) is 10.7. The summed E-state index contributed by atoms with van der Waals surface area (Å²) in [5, 5.41) is 0. The maximum atomic E-state index is 11.7. The molecule has 0 amide bonds. The van der Waals surface area contributed by atoms with Crippen LogP contribution >= 0.6 is 38.5 Å². The number of hydrogen-bond acceptors (Lipinski definition) is 2. The molecule has 4 heteroatoms. The van der Waals surface area contributed by atoms with Crippen LogP contribution < -0.4 is 4.74 Å². The molecule has 0 heterocycles. The first-order valence-electron chi connectivity index (χ1n) is 4.08. The molecule has 0 aliphatic carbocycles. The van der Waals surface area contributed by atoms with E-state index in [1.807, 2.05) is 19.1 Å². The van der Waals surface area contributed by atoms with Gasteiger partial charge in [-0.2, -0.15) is 0 Å². The summed E-state index contributed by atoms with van der Waals surface area (Å²) in [6.07, 6.45) is 0. The summed E-state index contributed by atoms with van der Waals surface area (Å²) in [7, 11) is 1.59. The Morgan fingerprint density at radius 1 is 1.57 bits per heavy atom. The van der Waals surface area contributed by atoms with Gasteiger partial charge in [0.25, 0.3) is 0 Å². The summed E-state index contributed by atoms with van der Waals surface area (Å²) in [6.45, 7) is 1.82. The lowest BCUT2D eigenvalue weighted by Crippen LogP contribution is -2.11. The van der Waals surface area contributed by atoms with Crippen molar-refractivity contribution in [1.29, 1.82) is 0 Å². The van der Waals surface area contributed by atoms with E-state index in [1.54, 1.807) is 13.2 Å². The van der Waals surface area contributed by atoms with Crippen LogP contribution in [0.15, 0.2) is 18.2 Å². The van der Waals surface area contributed by atoms with Gasteiger partial charge in [-0.25, -0.2) is 0 Å². The summed E-state index contributed by atoms with van der Waals surface area (Å²) < 4.78 is 6.01. The molecule has 0 saturated carbocycles. The number of carbonyl (C=O) groups is 1. The summed E-state index contributed by atoms with van der Waals surface area (Å²) in [5.41, 5.74) is 0.703. The highest BCUT2D eigenvalue weighted by molar-refractivity contribution is 14.1. The molecular weight excluding hydrogens is 359 g/mol. The third kappa shape index (κ3) is 2.70. The fourth-order valence-electron chi connectivity index (χ4n) is 1.03. The van der Waals surface area contributed by atoms with Crippen molar-refractivity contribution in [2.45, 2.75) is 11.8 Å². The SMILES string of the molecule is COc1ccc(I)c(C(=O)C(C)Br)c1. The minimum absolute atomic E-state index is 0.0771. The quantitative estimate of drug-likeness (QED) is 0.465. The van der Waals surface area contributed by atoms with E-state index in [1.165, 1.54) is 0 Å². The molecule has 0 aromatic heterocycles. The number of ketones is 1. The van der Waals surface area contributed by atoms with E-state index in [4.69, 9.17) is 4.74 Å². The molecule has 14 heavy (non-hydrogen) atoms. The average molecular weight is 369 g/mol. The lowest BCUT2D eigenvalue weighted by Gasteiger charge is -2.07. The molecule has 0 spiro atoms. The lowest BCUT2D eigenvalue weighted by atomic mass is 10.1. The molecule has 0 fully saturated rings. The fraction of sp³-hybridized carbons (Fsp3) is 0.300. The van der Waals surface area contributed by atoms with Gasteiger partial charge in [0.1, 0.15) is 5.75 Å². The number of methoxy groups -OCH3 is 1. The fourth-order valence-corrected chi connectivity index (χ4v) is 1.88. The van der Waals surface area contributed by atoms with E-state index in [0.29, 0.717) is 11.3 Å². The van der Waals surface area contributed by atoms with Crippen LogP contribution in [0.2, 0.25) is 0 Å². The minimum Gasteiger partial charge on any atom is -0.497 e. The Labute approximate surface area is 105 Å². The van der Waals surface area contributed by atoms with E-state index in [-0.39, 0.29) is 10.6 Å². The molecule has 0 radical (unpaired) electrons. The zero-order valence-corrected chi connectivity index (χ0v) is 11.6. The van der Waals surface area contributed by atoms with Gasteiger partial charge in [-0.1, -0.05) is 15.9 Å². The Morgan fingerprint density at radius 3 is 2.71 bits per heavy atom. The highest BCUT2D eigenvalue weighted by atomic mass is 127. The molecule has 76 valence electrons. The summed E-state index contributed by atoms with van der Waals surface area (Å²) in [6, 6.07) is 5.49. The predicted molar refractivity (Wildman–Crippen MR) is 68.4 cm³/mol. The van der Waals surface area contributed by atoms with Crippen LogP contribution in [0, 0.1) is 3.57 Å². The minimum atomic E-state index is -0.164. The van der Waals surface area contributed by atoms with E-state index in [0.717, 1.165) is 3.57 Å². The highest BCUT2D eigenvalue weighted by Gasteiger charge is 2.15. The van der Waals surface area contributed by atoms with Crippen LogP contribution in [-0.2, 0) is 0 Å². The second-order valence-corrected chi connectivity index (χ2v) is 5.36. The van der Waals surface area contributed by atoms with Crippen molar-refractivity contribution >= 4 is 44.3 Å². The van der Waals surface area contributed by atoms with Gasteiger partial charge in [0.2, 0.25) is 0 Å². The first-order valence-corrected chi connectivity index (χ1v) is 6.07. The Balaban J connectivity index is 3.12. The number of rotatable bonds is 3. The third-order valence-electron chi connectivity index (χ3n) is 1.80. The van der Waals surface area contributed by atoms with Gasteiger partial charge in [-0.3, -0.25) is 4.79 Å². The van der Waals surface area contributed by atoms with Gasteiger partial charge in [0, 0.05) is 9.13 Å². The van der Waals surface area contributed by atoms with Gasteiger partial charge < -0.3 is 4.74 Å². The molecule has 0 aliphatic rings. The average Bonchev–Trinajstić information content (AvgIpc) is 2.17. The zero-order valence-electron chi connectivity index (χ0n) is 7.88.